The fraction of sp³-hybridized carbons (Fsp3) is 0.636. The average molecular weight is 320 g/mol. The summed E-state index contributed by atoms with van der Waals surface area (Å²) < 4.78 is 6.78. The van der Waals surface area contributed by atoms with E-state index in [2.05, 4.69) is 26.3 Å². The molecule has 1 heterocycles. The first-order valence-electron chi connectivity index (χ1n) is 5.76. The molecule has 2 N–H and O–H groups in total. The largest absolute Gasteiger partial charge is 0.394 e. The third-order valence-corrected chi connectivity index (χ3v) is 3.13. The molecule has 7 heteroatoms. The Morgan fingerprint density at radius 1 is 1.67 bits per heavy atom. The maximum Gasteiger partial charge on any atom is 0.283 e. The maximum atomic E-state index is 11.9. The fourth-order valence-corrected chi connectivity index (χ4v) is 1.92. The molecule has 0 radical (unpaired) electrons. The fourth-order valence-electron chi connectivity index (χ4n) is 1.50. The van der Waals surface area contributed by atoms with E-state index < -0.39 is 0 Å². The van der Waals surface area contributed by atoms with Crippen LogP contribution in [0.25, 0.3) is 0 Å². The van der Waals surface area contributed by atoms with Crippen molar-refractivity contribution >= 4 is 21.6 Å². The minimum Gasteiger partial charge on any atom is -0.394 e. The number of halogens is 1. The zero-order valence-electron chi connectivity index (χ0n) is 10.5. The molecule has 0 spiro atoms. The molecule has 0 fully saturated rings. The van der Waals surface area contributed by atoms with E-state index in [0.29, 0.717) is 23.3 Å². The Labute approximate surface area is 114 Å². The average Bonchev–Trinajstić information content (AvgIpc) is 2.37. The predicted octanol–water partition coefficient (Wildman–Crippen LogP) is 0.835. The number of ether oxygens (including phenoxy) is 1. The molecule has 1 aromatic heterocycles. The van der Waals surface area contributed by atoms with Crippen LogP contribution in [0, 0.1) is 0 Å². The van der Waals surface area contributed by atoms with E-state index in [1.807, 2.05) is 6.92 Å². The van der Waals surface area contributed by atoms with Gasteiger partial charge in [-0.2, -0.15) is 5.10 Å². The number of aryl methyl sites for hydroxylation is 1. The molecule has 1 unspecified atom stereocenters. The van der Waals surface area contributed by atoms with E-state index in [0.717, 1.165) is 6.42 Å². The summed E-state index contributed by atoms with van der Waals surface area (Å²) in [5.41, 5.74) is 0.374. The van der Waals surface area contributed by atoms with Gasteiger partial charge in [0, 0.05) is 13.7 Å². The molecule has 102 valence electrons. The topological polar surface area (TPSA) is 76.4 Å². The van der Waals surface area contributed by atoms with Gasteiger partial charge in [0.05, 0.1) is 31.1 Å². The number of anilines is 1. The number of rotatable bonds is 7. The van der Waals surface area contributed by atoms with Gasteiger partial charge in [-0.3, -0.25) is 4.79 Å². The Morgan fingerprint density at radius 2 is 2.39 bits per heavy atom. The van der Waals surface area contributed by atoms with E-state index in [-0.39, 0.29) is 18.2 Å². The van der Waals surface area contributed by atoms with Crippen LogP contribution in [-0.4, -0.2) is 41.3 Å². The maximum absolute atomic E-state index is 11.9. The molecule has 1 atom stereocenters. The number of aromatic nitrogens is 2. The summed E-state index contributed by atoms with van der Waals surface area (Å²) in [6.07, 6.45) is 2.41. The monoisotopic (exact) mass is 319 g/mol. The predicted molar refractivity (Wildman–Crippen MR) is 72.9 cm³/mol. The van der Waals surface area contributed by atoms with Gasteiger partial charge in [0.2, 0.25) is 0 Å². The van der Waals surface area contributed by atoms with Crippen molar-refractivity contribution in [1.29, 1.82) is 0 Å². The third-order valence-electron chi connectivity index (χ3n) is 2.37. The first kappa shape index (κ1) is 15.1. The molecule has 0 saturated carbocycles. The lowest BCUT2D eigenvalue weighted by atomic mass is 10.3. The molecule has 6 nitrogen and oxygen atoms in total. The highest BCUT2D eigenvalue weighted by atomic mass is 79.9. The number of hydrogen-bond acceptors (Lipinski definition) is 5. The molecule has 1 rings (SSSR count). The molecular weight excluding hydrogens is 302 g/mol. The third kappa shape index (κ3) is 3.79. The van der Waals surface area contributed by atoms with Gasteiger partial charge in [0.25, 0.3) is 5.56 Å². The first-order chi connectivity index (χ1) is 8.63. The normalized spacial score (nSPS) is 12.4. The van der Waals surface area contributed by atoms with Crippen LogP contribution < -0.4 is 10.9 Å². The molecule has 18 heavy (non-hydrogen) atoms. The number of hydrogen-bond donors (Lipinski definition) is 2. The zero-order valence-corrected chi connectivity index (χ0v) is 12.1. The van der Waals surface area contributed by atoms with Gasteiger partial charge in [0.1, 0.15) is 4.47 Å². The number of aliphatic hydroxyl groups excluding tert-OH is 1. The SMILES string of the molecule is CCCn1ncc(NC(CO)COC)c(Br)c1=O. The summed E-state index contributed by atoms with van der Waals surface area (Å²) in [5.74, 6) is 0. The van der Waals surface area contributed by atoms with E-state index in [1.54, 1.807) is 13.3 Å². The molecule has 0 aliphatic carbocycles. The standard InChI is InChI=1S/C11H18BrN3O3/c1-3-4-15-11(17)10(12)9(5-13-15)14-8(6-16)7-18-2/h5,8,14,16H,3-4,6-7H2,1-2H3. The van der Waals surface area contributed by atoms with Gasteiger partial charge < -0.3 is 15.2 Å². The quantitative estimate of drug-likeness (QED) is 0.778. The van der Waals surface area contributed by atoms with Crippen molar-refractivity contribution in [1.82, 2.24) is 9.78 Å². The lowest BCUT2D eigenvalue weighted by Gasteiger charge is -2.17. The zero-order chi connectivity index (χ0) is 13.5. The second kappa shape index (κ2) is 7.50. The summed E-state index contributed by atoms with van der Waals surface area (Å²) >= 11 is 3.25. The van der Waals surface area contributed by atoms with Crippen molar-refractivity contribution in [2.24, 2.45) is 0 Å². The van der Waals surface area contributed by atoms with Gasteiger partial charge in [-0.15, -0.1) is 0 Å². The van der Waals surface area contributed by atoms with Crippen molar-refractivity contribution in [3.63, 3.8) is 0 Å². The second-order valence-electron chi connectivity index (χ2n) is 3.88. The molecule has 1 aromatic rings. The summed E-state index contributed by atoms with van der Waals surface area (Å²) in [4.78, 5) is 11.9. The van der Waals surface area contributed by atoms with Crippen LogP contribution in [0.2, 0.25) is 0 Å². The van der Waals surface area contributed by atoms with Crippen LogP contribution >= 0.6 is 15.9 Å². The van der Waals surface area contributed by atoms with E-state index in [1.165, 1.54) is 4.68 Å². The van der Waals surface area contributed by atoms with Crippen molar-refractivity contribution in [2.45, 2.75) is 25.9 Å². The lowest BCUT2D eigenvalue weighted by molar-refractivity contribution is 0.153. The minimum atomic E-state index is -0.269. The Bertz CT molecular complexity index is 436. The highest BCUT2D eigenvalue weighted by Gasteiger charge is 2.12. The molecule has 0 amide bonds. The summed E-state index contributed by atoms with van der Waals surface area (Å²) in [6.45, 7) is 2.83. The molecule has 0 aliphatic rings. The van der Waals surface area contributed by atoms with Crippen LogP contribution in [0.15, 0.2) is 15.5 Å². The van der Waals surface area contributed by atoms with Crippen LogP contribution in [-0.2, 0) is 11.3 Å². The van der Waals surface area contributed by atoms with Gasteiger partial charge >= 0.3 is 0 Å². The van der Waals surface area contributed by atoms with E-state index in [9.17, 15) is 4.79 Å². The summed E-state index contributed by atoms with van der Waals surface area (Å²) in [5, 5.41) is 16.2. The van der Waals surface area contributed by atoms with Crippen molar-refractivity contribution < 1.29 is 9.84 Å². The molecule has 0 aromatic carbocycles. The van der Waals surface area contributed by atoms with Crippen LogP contribution in [0.3, 0.4) is 0 Å². The van der Waals surface area contributed by atoms with E-state index in [4.69, 9.17) is 9.84 Å². The van der Waals surface area contributed by atoms with Crippen LogP contribution in [0.1, 0.15) is 13.3 Å². The van der Waals surface area contributed by atoms with E-state index >= 15 is 0 Å². The Balaban J connectivity index is 2.91. The minimum absolute atomic E-state index is 0.0850. The molecule has 0 aliphatic heterocycles. The van der Waals surface area contributed by atoms with Gasteiger partial charge in [-0.05, 0) is 22.4 Å². The number of nitrogens with zero attached hydrogens (tertiary/aromatic N) is 2. The van der Waals surface area contributed by atoms with Crippen molar-refractivity contribution in [2.75, 3.05) is 25.6 Å². The molecule has 0 saturated heterocycles. The van der Waals surface area contributed by atoms with Crippen LogP contribution in [0.4, 0.5) is 5.69 Å². The van der Waals surface area contributed by atoms with Crippen molar-refractivity contribution in [3.05, 3.63) is 21.0 Å². The van der Waals surface area contributed by atoms with Gasteiger partial charge in [-0.25, -0.2) is 4.68 Å². The molecular formula is C11H18BrN3O3. The number of aliphatic hydroxyl groups is 1. The van der Waals surface area contributed by atoms with Gasteiger partial charge in [0.15, 0.2) is 0 Å². The Hall–Kier alpha value is -0.920. The van der Waals surface area contributed by atoms with Gasteiger partial charge in [-0.1, -0.05) is 6.92 Å². The van der Waals surface area contributed by atoms with Crippen molar-refractivity contribution in [3.8, 4) is 0 Å². The summed E-state index contributed by atoms with van der Waals surface area (Å²) in [7, 11) is 1.55. The van der Waals surface area contributed by atoms with Crippen LogP contribution in [0.5, 0.6) is 0 Å². The molecule has 0 bridgehead atoms. The first-order valence-corrected chi connectivity index (χ1v) is 6.55. The number of methoxy groups -OCH3 is 1. The Morgan fingerprint density at radius 3 is 2.94 bits per heavy atom. The summed E-state index contributed by atoms with van der Waals surface area (Å²) in [6, 6.07) is -0.269. The highest BCUT2D eigenvalue weighted by molar-refractivity contribution is 9.10. The lowest BCUT2D eigenvalue weighted by Crippen LogP contribution is -2.31. The highest BCUT2D eigenvalue weighted by Crippen LogP contribution is 2.17. The second-order valence-corrected chi connectivity index (χ2v) is 4.67. The smallest absolute Gasteiger partial charge is 0.283 e. The Kier molecular flexibility index (Phi) is 6.31. The number of nitrogens with one attached hydrogen (secondary N) is 1.